The Morgan fingerprint density at radius 2 is 2.00 bits per heavy atom. The van der Waals surface area contributed by atoms with E-state index in [2.05, 4.69) is 17.2 Å². The molecule has 0 aliphatic heterocycles. The van der Waals surface area contributed by atoms with Crippen molar-refractivity contribution in [1.82, 2.24) is 9.88 Å². The maximum atomic E-state index is 13.3. The Hall–Kier alpha value is -3.60. The van der Waals surface area contributed by atoms with E-state index in [1.807, 2.05) is 0 Å². The van der Waals surface area contributed by atoms with E-state index >= 15 is 0 Å². The Morgan fingerprint density at radius 3 is 2.81 bits per heavy atom. The zero-order valence-corrected chi connectivity index (χ0v) is 14.0. The molecule has 1 amide bonds. The minimum atomic E-state index is -0.817. The summed E-state index contributed by atoms with van der Waals surface area (Å²) in [5, 5.41) is 2.54. The normalized spacial score (nSPS) is 10.3. The van der Waals surface area contributed by atoms with E-state index in [0.717, 1.165) is 6.07 Å². The van der Waals surface area contributed by atoms with Gasteiger partial charge in [0.05, 0.1) is 12.1 Å². The molecule has 1 aromatic heterocycles. The first-order chi connectivity index (χ1) is 13.0. The van der Waals surface area contributed by atoms with Crippen LogP contribution in [0.25, 0.3) is 11.1 Å². The van der Waals surface area contributed by atoms with Crippen LogP contribution in [0.1, 0.15) is 0 Å². The first-order valence-electron chi connectivity index (χ1n) is 7.93. The third-order valence-electron chi connectivity index (χ3n) is 3.57. The second-order valence-electron chi connectivity index (χ2n) is 5.42. The Bertz CT molecular complexity index is 1090. The molecule has 3 rings (SSSR count). The van der Waals surface area contributed by atoms with Gasteiger partial charge in [-0.3, -0.25) is 9.36 Å². The fraction of sp³-hybridized carbons (Fsp3) is 0.158. The van der Waals surface area contributed by atoms with E-state index in [4.69, 9.17) is 9.15 Å². The fourth-order valence-electron chi connectivity index (χ4n) is 2.33. The van der Waals surface area contributed by atoms with E-state index in [1.54, 1.807) is 24.3 Å². The second kappa shape index (κ2) is 8.19. The minimum Gasteiger partial charge on any atom is -0.478 e. The van der Waals surface area contributed by atoms with Crippen LogP contribution in [0.2, 0.25) is 0 Å². The first kappa shape index (κ1) is 18.2. The lowest BCUT2D eigenvalue weighted by atomic mass is 10.3. The summed E-state index contributed by atoms with van der Waals surface area (Å²) < 4.78 is 37.4. The molecular weight excluding hydrogens is 358 g/mol. The van der Waals surface area contributed by atoms with Crippen LogP contribution >= 0.6 is 0 Å². The summed E-state index contributed by atoms with van der Waals surface area (Å²) >= 11 is 0. The molecule has 0 bridgehead atoms. The lowest BCUT2D eigenvalue weighted by molar-refractivity contribution is -0.121. The fourth-order valence-corrected chi connectivity index (χ4v) is 2.33. The van der Waals surface area contributed by atoms with Crippen molar-refractivity contribution in [2.75, 3.05) is 13.2 Å². The zero-order chi connectivity index (χ0) is 19.2. The number of halogens is 2. The second-order valence-corrected chi connectivity index (χ2v) is 5.42. The summed E-state index contributed by atoms with van der Waals surface area (Å²) in [7, 11) is 0. The highest BCUT2D eigenvalue weighted by atomic mass is 19.1. The maximum absolute atomic E-state index is 13.3. The summed E-state index contributed by atoms with van der Waals surface area (Å²) in [6.07, 6.45) is 0. The predicted molar refractivity (Wildman–Crippen MR) is 93.1 cm³/mol. The van der Waals surface area contributed by atoms with Gasteiger partial charge in [-0.15, -0.1) is 0 Å². The minimum absolute atomic E-state index is 0.0264. The molecule has 138 valence electrons. The van der Waals surface area contributed by atoms with Gasteiger partial charge < -0.3 is 14.5 Å². The highest BCUT2D eigenvalue weighted by Gasteiger charge is 2.11. The highest BCUT2D eigenvalue weighted by Crippen LogP contribution is 2.17. The predicted octanol–water partition coefficient (Wildman–Crippen LogP) is 2.07. The number of para-hydroxylation sites is 2. The van der Waals surface area contributed by atoms with Crippen molar-refractivity contribution in [2.24, 2.45) is 0 Å². The topological polar surface area (TPSA) is 73.5 Å². The Kier molecular flexibility index (Phi) is 5.52. The molecule has 1 N–H and O–H groups in total. The van der Waals surface area contributed by atoms with Crippen molar-refractivity contribution in [1.29, 1.82) is 0 Å². The number of benzene rings is 2. The van der Waals surface area contributed by atoms with Gasteiger partial charge >= 0.3 is 5.76 Å². The molecule has 0 radical (unpaired) electrons. The number of oxazole rings is 1. The summed E-state index contributed by atoms with van der Waals surface area (Å²) in [6, 6.07) is 9.74. The summed E-state index contributed by atoms with van der Waals surface area (Å²) in [6.45, 7) is -0.294. The standard InChI is InChI=1S/C19H14F2N2O4/c20-13-7-8-16(14(21)11-13)26-10-4-3-9-22-18(24)12-23-15-5-1-2-6-17(15)27-19(23)25/h1-2,5-8,11H,9-10,12H2,(H,22,24). The average Bonchev–Trinajstić information content (AvgIpc) is 2.95. The molecule has 2 aromatic carbocycles. The van der Waals surface area contributed by atoms with E-state index in [0.29, 0.717) is 17.2 Å². The van der Waals surface area contributed by atoms with Crippen LogP contribution in [0.15, 0.2) is 51.7 Å². The van der Waals surface area contributed by atoms with Crippen LogP contribution < -0.4 is 15.8 Å². The van der Waals surface area contributed by atoms with E-state index in [9.17, 15) is 18.4 Å². The van der Waals surface area contributed by atoms with Crippen LogP contribution in [0.5, 0.6) is 5.75 Å². The lowest BCUT2D eigenvalue weighted by Gasteiger charge is -2.03. The summed E-state index contributed by atoms with van der Waals surface area (Å²) in [4.78, 5) is 23.7. The molecule has 0 fully saturated rings. The van der Waals surface area contributed by atoms with E-state index in [1.165, 1.54) is 10.6 Å². The van der Waals surface area contributed by atoms with Gasteiger partial charge in [-0.25, -0.2) is 13.6 Å². The van der Waals surface area contributed by atoms with E-state index < -0.39 is 23.3 Å². The number of ether oxygens (including phenoxy) is 1. The van der Waals surface area contributed by atoms with Crippen molar-refractivity contribution < 1.29 is 22.7 Å². The van der Waals surface area contributed by atoms with Crippen molar-refractivity contribution in [3.05, 3.63) is 64.6 Å². The zero-order valence-electron chi connectivity index (χ0n) is 14.0. The number of fused-ring (bicyclic) bond motifs is 1. The molecule has 1 heterocycles. The number of hydrogen-bond acceptors (Lipinski definition) is 4. The maximum Gasteiger partial charge on any atom is 0.420 e. The van der Waals surface area contributed by atoms with Gasteiger partial charge in [0.2, 0.25) is 5.91 Å². The van der Waals surface area contributed by atoms with Gasteiger partial charge in [0, 0.05) is 6.07 Å². The van der Waals surface area contributed by atoms with Crippen molar-refractivity contribution in [3.8, 4) is 17.6 Å². The number of carbonyl (C=O) groups excluding carboxylic acids is 1. The molecule has 0 saturated carbocycles. The molecule has 0 saturated heterocycles. The largest absolute Gasteiger partial charge is 0.478 e. The molecule has 0 unspecified atom stereocenters. The molecule has 3 aromatic rings. The number of carbonyl (C=O) groups is 1. The third kappa shape index (κ3) is 4.52. The van der Waals surface area contributed by atoms with Gasteiger partial charge in [-0.2, -0.15) is 0 Å². The number of hydrogen-bond donors (Lipinski definition) is 1. The Morgan fingerprint density at radius 1 is 1.19 bits per heavy atom. The van der Waals surface area contributed by atoms with Crippen molar-refractivity contribution in [3.63, 3.8) is 0 Å². The molecule has 0 aliphatic carbocycles. The summed E-state index contributed by atoms with van der Waals surface area (Å²) in [5.41, 5.74) is 0.929. The van der Waals surface area contributed by atoms with Crippen molar-refractivity contribution in [2.45, 2.75) is 6.54 Å². The molecule has 0 atom stereocenters. The number of amides is 1. The summed E-state index contributed by atoms with van der Waals surface area (Å²) in [5.74, 6) is 2.58. The Balaban J connectivity index is 1.48. The van der Waals surface area contributed by atoms with Gasteiger partial charge in [0.1, 0.15) is 19.0 Å². The molecule has 8 heteroatoms. The van der Waals surface area contributed by atoms with Crippen LogP contribution in [0.3, 0.4) is 0 Å². The average molecular weight is 372 g/mol. The number of nitrogens with zero attached hydrogens (tertiary/aromatic N) is 1. The van der Waals surface area contributed by atoms with Gasteiger partial charge in [-0.05, 0) is 24.3 Å². The van der Waals surface area contributed by atoms with Gasteiger partial charge in [0.25, 0.3) is 0 Å². The van der Waals surface area contributed by atoms with Gasteiger partial charge in [-0.1, -0.05) is 24.0 Å². The number of nitrogens with one attached hydrogen (secondary N) is 1. The van der Waals surface area contributed by atoms with E-state index in [-0.39, 0.29) is 25.4 Å². The molecular formula is C19H14F2N2O4. The lowest BCUT2D eigenvalue weighted by Crippen LogP contribution is -2.31. The molecule has 6 nitrogen and oxygen atoms in total. The van der Waals surface area contributed by atoms with Crippen LogP contribution in [0.4, 0.5) is 8.78 Å². The molecule has 0 aliphatic rings. The Labute approximate surface area is 152 Å². The van der Waals surface area contributed by atoms with Gasteiger partial charge in [0.15, 0.2) is 17.1 Å². The quantitative estimate of drug-likeness (QED) is 0.696. The molecule has 0 spiro atoms. The number of rotatable bonds is 5. The van der Waals surface area contributed by atoms with Crippen LogP contribution in [-0.4, -0.2) is 23.6 Å². The highest BCUT2D eigenvalue weighted by molar-refractivity contribution is 5.79. The van der Waals surface area contributed by atoms with Crippen LogP contribution in [0, 0.1) is 23.5 Å². The number of aromatic nitrogens is 1. The smallest absolute Gasteiger partial charge is 0.420 e. The van der Waals surface area contributed by atoms with Crippen molar-refractivity contribution >= 4 is 17.0 Å². The SMILES string of the molecule is O=C(Cn1c(=O)oc2ccccc21)NCC#CCOc1ccc(F)cc1F. The molecule has 27 heavy (non-hydrogen) atoms. The van der Waals surface area contributed by atoms with Crippen LogP contribution in [-0.2, 0) is 11.3 Å². The first-order valence-corrected chi connectivity index (χ1v) is 7.93. The third-order valence-corrected chi connectivity index (χ3v) is 3.57. The monoisotopic (exact) mass is 372 g/mol.